The van der Waals surface area contributed by atoms with Gasteiger partial charge in [-0.15, -0.1) is 0 Å². The van der Waals surface area contributed by atoms with E-state index in [9.17, 15) is 9.59 Å². The molecule has 0 aliphatic carbocycles. The number of carboxylic acid groups (broad SMARTS) is 1. The number of nitrogens with one attached hydrogen (secondary N) is 1. The van der Waals surface area contributed by atoms with Gasteiger partial charge >= 0.3 is 5.97 Å². The van der Waals surface area contributed by atoms with Gasteiger partial charge in [0.15, 0.2) is 6.10 Å². The molecule has 0 spiro atoms. The summed E-state index contributed by atoms with van der Waals surface area (Å²) in [5, 5.41) is 15.9. The highest BCUT2D eigenvalue weighted by atomic mass is 16.5. The van der Waals surface area contributed by atoms with Gasteiger partial charge in [0.1, 0.15) is 6.10 Å². The van der Waals surface area contributed by atoms with Crippen molar-refractivity contribution >= 4 is 11.9 Å². The molecule has 1 aromatic rings. The standard InChI is InChI=1S/C14H21N3O4/c1-9-8-10(2)17(16-9)7-3-6-15-13(18)11-4-5-12(21-11)14(19)20/h8,11-12H,3-7H2,1-2H3,(H,15,18)(H,19,20). The second kappa shape index (κ2) is 6.71. The molecular weight excluding hydrogens is 274 g/mol. The summed E-state index contributed by atoms with van der Waals surface area (Å²) in [5.41, 5.74) is 2.08. The topological polar surface area (TPSA) is 93.5 Å². The third-order valence-electron chi connectivity index (χ3n) is 3.54. The van der Waals surface area contributed by atoms with Crippen molar-refractivity contribution < 1.29 is 19.4 Å². The van der Waals surface area contributed by atoms with Crippen LogP contribution in [-0.2, 0) is 20.9 Å². The second-order valence-electron chi connectivity index (χ2n) is 5.32. The molecule has 2 heterocycles. The van der Waals surface area contributed by atoms with Crippen molar-refractivity contribution in [1.29, 1.82) is 0 Å². The summed E-state index contributed by atoms with van der Waals surface area (Å²) in [7, 11) is 0. The van der Waals surface area contributed by atoms with Crippen LogP contribution in [-0.4, -0.2) is 45.5 Å². The third-order valence-corrected chi connectivity index (χ3v) is 3.54. The van der Waals surface area contributed by atoms with Crippen LogP contribution in [0.15, 0.2) is 6.07 Å². The maximum atomic E-state index is 11.8. The Morgan fingerprint density at radius 1 is 1.43 bits per heavy atom. The van der Waals surface area contributed by atoms with Crippen molar-refractivity contribution in [3.05, 3.63) is 17.5 Å². The summed E-state index contributed by atoms with van der Waals surface area (Å²) < 4.78 is 7.10. The Kier molecular flexibility index (Phi) is 4.95. The van der Waals surface area contributed by atoms with Crippen LogP contribution in [0.1, 0.15) is 30.7 Å². The number of carboxylic acids is 1. The van der Waals surface area contributed by atoms with E-state index in [1.807, 2.05) is 24.6 Å². The SMILES string of the molecule is Cc1cc(C)n(CCCNC(=O)C2CCC(C(=O)O)O2)n1. The van der Waals surface area contributed by atoms with Crippen LogP contribution in [0.4, 0.5) is 0 Å². The van der Waals surface area contributed by atoms with Crippen LogP contribution in [0.3, 0.4) is 0 Å². The van der Waals surface area contributed by atoms with Gasteiger partial charge in [-0.2, -0.15) is 5.10 Å². The van der Waals surface area contributed by atoms with Crippen LogP contribution in [0, 0.1) is 13.8 Å². The van der Waals surface area contributed by atoms with Crippen molar-refractivity contribution in [3.8, 4) is 0 Å². The summed E-state index contributed by atoms with van der Waals surface area (Å²) in [6.45, 7) is 5.20. The molecule has 2 atom stereocenters. The van der Waals surface area contributed by atoms with E-state index in [1.165, 1.54) is 0 Å². The molecule has 1 fully saturated rings. The van der Waals surface area contributed by atoms with E-state index in [2.05, 4.69) is 10.4 Å². The molecule has 0 bridgehead atoms. The number of hydrogen-bond acceptors (Lipinski definition) is 4. The second-order valence-corrected chi connectivity index (χ2v) is 5.32. The molecule has 0 aromatic carbocycles. The Hall–Kier alpha value is -1.89. The van der Waals surface area contributed by atoms with Crippen molar-refractivity contribution in [3.63, 3.8) is 0 Å². The molecule has 1 aliphatic rings. The van der Waals surface area contributed by atoms with Gasteiger partial charge in [0, 0.05) is 18.8 Å². The van der Waals surface area contributed by atoms with Gasteiger partial charge < -0.3 is 15.2 Å². The van der Waals surface area contributed by atoms with E-state index >= 15 is 0 Å². The van der Waals surface area contributed by atoms with Crippen molar-refractivity contribution in [2.45, 2.75) is 51.9 Å². The first-order valence-electron chi connectivity index (χ1n) is 7.14. The average molecular weight is 295 g/mol. The smallest absolute Gasteiger partial charge is 0.332 e. The lowest BCUT2D eigenvalue weighted by Crippen LogP contribution is -2.36. The minimum absolute atomic E-state index is 0.230. The fourth-order valence-corrected chi connectivity index (χ4v) is 2.47. The molecule has 7 heteroatoms. The fraction of sp³-hybridized carbons (Fsp3) is 0.643. The molecular formula is C14H21N3O4. The summed E-state index contributed by atoms with van der Waals surface area (Å²) in [5.74, 6) is -1.23. The maximum Gasteiger partial charge on any atom is 0.332 e. The molecule has 1 aromatic heterocycles. The maximum absolute atomic E-state index is 11.8. The van der Waals surface area contributed by atoms with Crippen molar-refractivity contribution in [1.82, 2.24) is 15.1 Å². The van der Waals surface area contributed by atoms with Gasteiger partial charge in [0.05, 0.1) is 5.69 Å². The monoisotopic (exact) mass is 295 g/mol. The molecule has 2 unspecified atom stereocenters. The number of aromatic nitrogens is 2. The Morgan fingerprint density at radius 2 is 2.14 bits per heavy atom. The number of carbonyl (C=O) groups excluding carboxylic acids is 1. The summed E-state index contributed by atoms with van der Waals surface area (Å²) in [4.78, 5) is 22.6. The van der Waals surface area contributed by atoms with E-state index in [0.29, 0.717) is 19.4 Å². The van der Waals surface area contributed by atoms with Crippen LogP contribution in [0.2, 0.25) is 0 Å². The summed E-state index contributed by atoms with van der Waals surface area (Å²) in [6.07, 6.45) is 0.123. The first-order valence-corrected chi connectivity index (χ1v) is 7.14. The number of hydrogen-bond donors (Lipinski definition) is 2. The van der Waals surface area contributed by atoms with Crippen LogP contribution in [0.25, 0.3) is 0 Å². The number of aliphatic carboxylic acids is 1. The Bertz CT molecular complexity index is 526. The Morgan fingerprint density at radius 3 is 2.71 bits per heavy atom. The highest BCUT2D eigenvalue weighted by Gasteiger charge is 2.34. The van der Waals surface area contributed by atoms with Gasteiger partial charge in [0.25, 0.3) is 0 Å². The highest BCUT2D eigenvalue weighted by Crippen LogP contribution is 2.19. The highest BCUT2D eigenvalue weighted by molar-refractivity contribution is 5.82. The minimum Gasteiger partial charge on any atom is -0.479 e. The predicted octanol–water partition coefficient (Wildman–Crippen LogP) is 0.638. The van der Waals surface area contributed by atoms with Crippen LogP contribution < -0.4 is 5.32 Å². The number of nitrogens with zero attached hydrogens (tertiary/aromatic N) is 2. The molecule has 116 valence electrons. The van der Waals surface area contributed by atoms with Crippen molar-refractivity contribution in [2.24, 2.45) is 0 Å². The third kappa shape index (κ3) is 4.04. The van der Waals surface area contributed by atoms with Gasteiger partial charge in [-0.1, -0.05) is 0 Å². The molecule has 2 rings (SSSR count). The van der Waals surface area contributed by atoms with Gasteiger partial charge in [-0.05, 0) is 39.2 Å². The Labute approximate surface area is 123 Å². The number of carbonyl (C=O) groups is 2. The normalized spacial score (nSPS) is 21.4. The zero-order valence-electron chi connectivity index (χ0n) is 12.3. The molecule has 2 N–H and O–H groups in total. The first kappa shape index (κ1) is 15.5. The number of amides is 1. The largest absolute Gasteiger partial charge is 0.479 e. The fourth-order valence-electron chi connectivity index (χ4n) is 2.47. The van der Waals surface area contributed by atoms with E-state index in [1.54, 1.807) is 0 Å². The summed E-state index contributed by atoms with van der Waals surface area (Å²) >= 11 is 0. The Balaban J connectivity index is 1.68. The molecule has 1 aliphatic heterocycles. The predicted molar refractivity (Wildman–Crippen MR) is 74.9 cm³/mol. The molecule has 7 nitrogen and oxygen atoms in total. The molecule has 1 saturated heterocycles. The molecule has 0 saturated carbocycles. The minimum atomic E-state index is -1.00. The number of rotatable bonds is 6. The van der Waals surface area contributed by atoms with Gasteiger partial charge in [-0.3, -0.25) is 9.48 Å². The number of ether oxygens (including phenoxy) is 1. The van der Waals surface area contributed by atoms with E-state index in [4.69, 9.17) is 9.84 Å². The molecule has 0 radical (unpaired) electrons. The summed E-state index contributed by atoms with van der Waals surface area (Å²) in [6, 6.07) is 2.01. The van der Waals surface area contributed by atoms with E-state index < -0.39 is 18.2 Å². The quantitative estimate of drug-likeness (QED) is 0.751. The zero-order valence-corrected chi connectivity index (χ0v) is 12.3. The van der Waals surface area contributed by atoms with Crippen LogP contribution >= 0.6 is 0 Å². The first-order chi connectivity index (χ1) is 9.97. The van der Waals surface area contributed by atoms with Gasteiger partial charge in [-0.25, -0.2) is 4.79 Å². The van der Waals surface area contributed by atoms with E-state index in [0.717, 1.165) is 24.4 Å². The molecule has 21 heavy (non-hydrogen) atoms. The number of aryl methyl sites for hydroxylation is 3. The lowest BCUT2D eigenvalue weighted by molar-refractivity contribution is -0.151. The van der Waals surface area contributed by atoms with Crippen molar-refractivity contribution in [2.75, 3.05) is 6.54 Å². The van der Waals surface area contributed by atoms with Crippen LogP contribution in [0.5, 0.6) is 0 Å². The lowest BCUT2D eigenvalue weighted by Gasteiger charge is -2.12. The average Bonchev–Trinajstić information content (AvgIpc) is 3.02. The zero-order chi connectivity index (χ0) is 15.4. The molecule has 1 amide bonds. The van der Waals surface area contributed by atoms with Gasteiger partial charge in [0.2, 0.25) is 5.91 Å². The van der Waals surface area contributed by atoms with E-state index in [-0.39, 0.29) is 5.91 Å². The lowest BCUT2D eigenvalue weighted by atomic mass is 10.2.